The van der Waals surface area contributed by atoms with Crippen molar-refractivity contribution in [1.82, 2.24) is 15.2 Å². The van der Waals surface area contributed by atoms with Crippen LogP contribution in [0.2, 0.25) is 0 Å². The monoisotopic (exact) mass is 491 g/mol. The number of likely N-dealkylation sites (N-methyl/N-ethyl adjacent to an activating group) is 1. The molecule has 1 amide bonds. The third kappa shape index (κ3) is 13.3. The van der Waals surface area contributed by atoms with E-state index in [4.69, 9.17) is 0 Å². The molecule has 0 aliphatic carbocycles. The van der Waals surface area contributed by atoms with Crippen molar-refractivity contribution < 1.29 is 14.7 Å². The number of hydrogen-bond acceptors (Lipinski definition) is 7. The van der Waals surface area contributed by atoms with Gasteiger partial charge in [-0.05, 0) is 32.0 Å². The second kappa shape index (κ2) is 17.9. The van der Waals surface area contributed by atoms with Crippen molar-refractivity contribution in [1.29, 1.82) is 0 Å². The Kier molecular flexibility index (Phi) is 14.8. The zero-order valence-corrected chi connectivity index (χ0v) is 21.6. The van der Waals surface area contributed by atoms with E-state index in [1.54, 1.807) is 6.20 Å². The summed E-state index contributed by atoms with van der Waals surface area (Å²) in [6.07, 6.45) is 16.9. The van der Waals surface area contributed by atoms with E-state index >= 15 is 0 Å². The number of aromatic nitrogens is 1. The van der Waals surface area contributed by atoms with Crippen LogP contribution in [0, 0.1) is 10.1 Å². The summed E-state index contributed by atoms with van der Waals surface area (Å²) in [7, 11) is 2.14. The van der Waals surface area contributed by atoms with Crippen LogP contribution in [0.3, 0.4) is 0 Å². The van der Waals surface area contributed by atoms with Gasteiger partial charge in [-0.3, -0.25) is 4.79 Å². The maximum Gasteiger partial charge on any atom is 0.294 e. The van der Waals surface area contributed by atoms with Crippen LogP contribution in [-0.4, -0.2) is 67.3 Å². The molecule has 0 bridgehead atoms. The topological polar surface area (TPSA) is 101 Å². The molecule has 2 heterocycles. The van der Waals surface area contributed by atoms with Crippen LogP contribution in [0.5, 0.6) is 0 Å². The van der Waals surface area contributed by atoms with Crippen molar-refractivity contribution in [3.63, 3.8) is 0 Å². The number of anilines is 1. The predicted octanol–water partition coefficient (Wildman–Crippen LogP) is 4.84. The SMILES string of the molecule is CN1CCN(c2ccc(C(=O)NCCCCCCCCCCCCCCCO[N+](=O)[O-])cn2)CC1. The molecule has 1 saturated heterocycles. The van der Waals surface area contributed by atoms with Crippen LogP contribution >= 0.6 is 0 Å². The lowest BCUT2D eigenvalue weighted by molar-refractivity contribution is -0.757. The van der Waals surface area contributed by atoms with E-state index in [2.05, 4.69) is 32.0 Å². The molecule has 9 heteroatoms. The Morgan fingerprint density at radius 3 is 1.97 bits per heavy atom. The van der Waals surface area contributed by atoms with Crippen LogP contribution in [0.15, 0.2) is 18.3 Å². The molecular formula is C26H45N5O4. The number of amides is 1. The molecule has 1 aliphatic rings. The van der Waals surface area contributed by atoms with Crippen molar-refractivity contribution in [3.8, 4) is 0 Å². The molecule has 0 saturated carbocycles. The minimum Gasteiger partial charge on any atom is -0.354 e. The molecule has 0 unspecified atom stereocenters. The van der Waals surface area contributed by atoms with Gasteiger partial charge in [0, 0.05) is 38.9 Å². The number of nitrogens with one attached hydrogen (secondary N) is 1. The minimum absolute atomic E-state index is 0.0349. The van der Waals surface area contributed by atoms with Crippen molar-refractivity contribution in [2.45, 2.75) is 83.5 Å². The maximum atomic E-state index is 12.3. The van der Waals surface area contributed by atoms with Crippen molar-refractivity contribution >= 4 is 11.7 Å². The molecule has 1 aliphatic heterocycles. The number of unbranched alkanes of at least 4 members (excludes halogenated alkanes) is 12. The average Bonchev–Trinajstić information content (AvgIpc) is 2.86. The van der Waals surface area contributed by atoms with Gasteiger partial charge >= 0.3 is 0 Å². The number of carbonyl (C=O) groups is 1. The first-order chi connectivity index (χ1) is 17.1. The van der Waals surface area contributed by atoms with E-state index in [-0.39, 0.29) is 12.5 Å². The van der Waals surface area contributed by atoms with Crippen LogP contribution in [0.25, 0.3) is 0 Å². The first-order valence-corrected chi connectivity index (χ1v) is 13.5. The summed E-state index contributed by atoms with van der Waals surface area (Å²) in [6.45, 7) is 4.97. The highest BCUT2D eigenvalue weighted by molar-refractivity contribution is 5.94. The number of carbonyl (C=O) groups excluding carboxylic acids is 1. The summed E-state index contributed by atoms with van der Waals surface area (Å²) in [5.41, 5.74) is 0.631. The fraction of sp³-hybridized carbons (Fsp3) is 0.769. The van der Waals surface area contributed by atoms with E-state index in [1.165, 1.54) is 51.4 Å². The van der Waals surface area contributed by atoms with Gasteiger partial charge in [0.05, 0.1) is 12.2 Å². The number of nitrogens with zero attached hydrogens (tertiary/aromatic N) is 4. The first-order valence-electron chi connectivity index (χ1n) is 13.5. The summed E-state index contributed by atoms with van der Waals surface area (Å²) in [5.74, 6) is 0.917. The van der Waals surface area contributed by atoms with Gasteiger partial charge in [-0.15, -0.1) is 10.1 Å². The zero-order valence-electron chi connectivity index (χ0n) is 21.6. The Hall–Kier alpha value is -2.42. The molecule has 1 fully saturated rings. The van der Waals surface area contributed by atoms with E-state index < -0.39 is 5.09 Å². The molecule has 0 aromatic carbocycles. The minimum atomic E-state index is -0.717. The lowest BCUT2D eigenvalue weighted by Crippen LogP contribution is -2.44. The standard InChI is InChI=1S/C26H45N5O4/c1-29-18-20-30(21-19-29)25-16-15-24(23-28-25)26(32)27-17-13-11-9-7-5-3-2-4-6-8-10-12-14-22-35-31(33)34/h15-16,23H,2-14,17-22H2,1H3,(H,27,32). The normalized spacial score (nSPS) is 14.1. The lowest BCUT2D eigenvalue weighted by Gasteiger charge is -2.33. The summed E-state index contributed by atoms with van der Waals surface area (Å²) in [5, 5.41) is 12.3. The van der Waals surface area contributed by atoms with Crippen LogP contribution < -0.4 is 10.2 Å². The van der Waals surface area contributed by atoms with E-state index in [0.29, 0.717) is 5.56 Å². The van der Waals surface area contributed by atoms with Crippen LogP contribution in [0.4, 0.5) is 5.82 Å². The van der Waals surface area contributed by atoms with Gasteiger partial charge in [0.25, 0.3) is 11.0 Å². The van der Waals surface area contributed by atoms with E-state index in [0.717, 1.165) is 70.6 Å². The Labute approximate surface area is 210 Å². The quantitative estimate of drug-likeness (QED) is 0.168. The van der Waals surface area contributed by atoms with Crippen molar-refractivity contribution in [3.05, 3.63) is 34.0 Å². The van der Waals surface area contributed by atoms with Crippen LogP contribution in [-0.2, 0) is 4.84 Å². The highest BCUT2D eigenvalue weighted by atomic mass is 16.9. The van der Waals surface area contributed by atoms with Gasteiger partial charge in [0.2, 0.25) is 0 Å². The zero-order chi connectivity index (χ0) is 25.1. The molecule has 0 radical (unpaired) electrons. The molecule has 0 spiro atoms. The molecular weight excluding hydrogens is 446 g/mol. The van der Waals surface area contributed by atoms with Gasteiger partial charge in [0.1, 0.15) is 5.82 Å². The van der Waals surface area contributed by atoms with Gasteiger partial charge in [-0.25, -0.2) is 4.98 Å². The third-order valence-electron chi connectivity index (χ3n) is 6.64. The van der Waals surface area contributed by atoms with Crippen LogP contribution in [0.1, 0.15) is 93.8 Å². The van der Waals surface area contributed by atoms with Gasteiger partial charge in [-0.1, -0.05) is 70.6 Å². The smallest absolute Gasteiger partial charge is 0.294 e. The third-order valence-corrected chi connectivity index (χ3v) is 6.64. The molecule has 1 aromatic heterocycles. The first kappa shape index (κ1) is 28.8. The number of hydrogen-bond donors (Lipinski definition) is 1. The lowest BCUT2D eigenvalue weighted by atomic mass is 10.0. The van der Waals surface area contributed by atoms with Crippen molar-refractivity contribution in [2.24, 2.45) is 0 Å². The summed E-state index contributed by atoms with van der Waals surface area (Å²) in [4.78, 5) is 35.8. The largest absolute Gasteiger partial charge is 0.354 e. The Morgan fingerprint density at radius 2 is 1.46 bits per heavy atom. The molecule has 1 aromatic rings. The maximum absolute atomic E-state index is 12.3. The average molecular weight is 492 g/mol. The van der Waals surface area contributed by atoms with E-state index in [1.807, 2.05) is 12.1 Å². The molecule has 2 rings (SSSR count). The van der Waals surface area contributed by atoms with E-state index in [9.17, 15) is 14.9 Å². The van der Waals surface area contributed by atoms with Gasteiger partial charge in [0.15, 0.2) is 0 Å². The number of pyridine rings is 1. The number of piperazine rings is 1. The summed E-state index contributed by atoms with van der Waals surface area (Å²) >= 11 is 0. The Bertz CT molecular complexity index is 708. The fourth-order valence-electron chi connectivity index (χ4n) is 4.36. The molecule has 1 N–H and O–H groups in total. The highest BCUT2D eigenvalue weighted by Gasteiger charge is 2.15. The fourth-order valence-corrected chi connectivity index (χ4v) is 4.36. The Morgan fingerprint density at radius 1 is 0.914 bits per heavy atom. The molecule has 35 heavy (non-hydrogen) atoms. The Balaban J connectivity index is 1.37. The van der Waals surface area contributed by atoms with Gasteiger partial charge < -0.3 is 20.0 Å². The molecule has 9 nitrogen and oxygen atoms in total. The predicted molar refractivity (Wildman–Crippen MR) is 139 cm³/mol. The molecule has 0 atom stereocenters. The second-order valence-corrected chi connectivity index (χ2v) is 9.60. The summed E-state index contributed by atoms with van der Waals surface area (Å²) in [6, 6.07) is 3.84. The summed E-state index contributed by atoms with van der Waals surface area (Å²) < 4.78 is 0. The number of rotatable bonds is 19. The second-order valence-electron chi connectivity index (χ2n) is 9.60. The molecule has 198 valence electrons. The van der Waals surface area contributed by atoms with Crippen molar-refractivity contribution in [2.75, 3.05) is 51.3 Å². The highest BCUT2D eigenvalue weighted by Crippen LogP contribution is 2.14. The van der Waals surface area contributed by atoms with Gasteiger partial charge in [-0.2, -0.15) is 0 Å².